The van der Waals surface area contributed by atoms with Crippen LogP contribution < -0.4 is 4.90 Å². The minimum Gasteiger partial charge on any atom is -0.478 e. The van der Waals surface area contributed by atoms with E-state index < -0.39 is 35.2 Å². The monoisotopic (exact) mass is 257 g/mol. The van der Waals surface area contributed by atoms with Crippen molar-refractivity contribution in [1.82, 2.24) is 0 Å². The predicted molar refractivity (Wildman–Crippen MR) is 56.3 cm³/mol. The molecule has 2 N–H and O–H groups in total. The predicted octanol–water partition coefficient (Wildman–Crippen LogP) is 0.761. The fourth-order valence-corrected chi connectivity index (χ4v) is 1.85. The van der Waals surface area contributed by atoms with Crippen molar-refractivity contribution in [3.8, 4) is 0 Å². The van der Waals surface area contributed by atoms with E-state index in [2.05, 4.69) is 0 Å². The van der Waals surface area contributed by atoms with E-state index in [4.69, 9.17) is 5.11 Å². The van der Waals surface area contributed by atoms with Crippen molar-refractivity contribution in [3.63, 3.8) is 0 Å². The summed E-state index contributed by atoms with van der Waals surface area (Å²) in [4.78, 5) is 23.4. The maximum Gasteiger partial charge on any atom is 0.337 e. The van der Waals surface area contributed by atoms with E-state index in [1.54, 1.807) is 0 Å². The fraction of sp³-hybridized carbons (Fsp3) is 0.273. The summed E-state index contributed by atoms with van der Waals surface area (Å²) in [5.41, 5.74) is -0.765. The number of carboxylic acids is 1. The molecule has 1 heterocycles. The Morgan fingerprint density at radius 2 is 1.94 bits per heavy atom. The summed E-state index contributed by atoms with van der Waals surface area (Å²) in [7, 11) is 0. The summed E-state index contributed by atoms with van der Waals surface area (Å²) >= 11 is 0. The highest BCUT2D eigenvalue weighted by atomic mass is 19.2. The zero-order valence-electron chi connectivity index (χ0n) is 9.06. The topological polar surface area (TPSA) is 77.8 Å². The van der Waals surface area contributed by atoms with Gasteiger partial charge in [-0.05, 0) is 6.07 Å². The van der Waals surface area contributed by atoms with Gasteiger partial charge in [0.15, 0.2) is 11.6 Å². The number of amides is 1. The van der Waals surface area contributed by atoms with E-state index in [1.165, 1.54) is 0 Å². The van der Waals surface area contributed by atoms with Crippen LogP contribution in [0.4, 0.5) is 14.5 Å². The number of aliphatic hydroxyl groups is 1. The standard InChI is InChI=1S/C11H9F2NO4/c12-7-2-6(11(17)18)9(3-8(7)13)14-4-5(15)1-10(14)16/h2-3,5,15H,1,4H2,(H,17,18). The Balaban J connectivity index is 2.52. The van der Waals surface area contributed by atoms with Gasteiger partial charge in [0, 0.05) is 6.07 Å². The van der Waals surface area contributed by atoms with Gasteiger partial charge in [-0.3, -0.25) is 4.79 Å². The van der Waals surface area contributed by atoms with Gasteiger partial charge < -0.3 is 15.1 Å². The third-order valence-electron chi connectivity index (χ3n) is 2.66. The van der Waals surface area contributed by atoms with E-state index in [-0.39, 0.29) is 18.7 Å². The molecule has 1 aromatic carbocycles. The first-order valence-corrected chi connectivity index (χ1v) is 5.11. The maximum atomic E-state index is 13.1. The molecule has 0 bridgehead atoms. The second-order valence-electron chi connectivity index (χ2n) is 3.95. The van der Waals surface area contributed by atoms with Crippen molar-refractivity contribution in [1.29, 1.82) is 0 Å². The number of aliphatic hydroxyl groups excluding tert-OH is 1. The van der Waals surface area contributed by atoms with Crippen molar-refractivity contribution in [3.05, 3.63) is 29.3 Å². The largest absolute Gasteiger partial charge is 0.478 e. The zero-order chi connectivity index (χ0) is 13.4. The first-order valence-electron chi connectivity index (χ1n) is 5.11. The number of carbonyl (C=O) groups is 2. The summed E-state index contributed by atoms with van der Waals surface area (Å²) in [6, 6.07) is 1.17. The molecular weight excluding hydrogens is 248 g/mol. The highest BCUT2D eigenvalue weighted by Crippen LogP contribution is 2.28. The van der Waals surface area contributed by atoms with Gasteiger partial charge in [0.1, 0.15) is 0 Å². The summed E-state index contributed by atoms with van der Waals surface area (Å²) in [5, 5.41) is 18.2. The molecule has 0 spiro atoms. The molecule has 7 heteroatoms. The third-order valence-corrected chi connectivity index (χ3v) is 2.66. The summed E-state index contributed by atoms with van der Waals surface area (Å²) in [5.74, 6) is -4.55. The number of rotatable bonds is 2. The van der Waals surface area contributed by atoms with E-state index in [0.29, 0.717) is 12.1 Å². The first kappa shape index (κ1) is 12.4. The van der Waals surface area contributed by atoms with E-state index >= 15 is 0 Å². The molecule has 1 aliphatic rings. The molecule has 18 heavy (non-hydrogen) atoms. The van der Waals surface area contributed by atoms with Gasteiger partial charge in [0.2, 0.25) is 5.91 Å². The second kappa shape index (κ2) is 4.34. The zero-order valence-corrected chi connectivity index (χ0v) is 9.06. The SMILES string of the molecule is O=C(O)c1cc(F)c(F)cc1N1CC(O)CC1=O. The minimum atomic E-state index is -1.47. The Morgan fingerprint density at radius 1 is 1.33 bits per heavy atom. The van der Waals surface area contributed by atoms with Crippen LogP contribution in [-0.2, 0) is 4.79 Å². The van der Waals surface area contributed by atoms with Crippen LogP contribution in [0, 0.1) is 11.6 Å². The molecule has 1 fully saturated rings. The first-order chi connectivity index (χ1) is 8.40. The summed E-state index contributed by atoms with van der Waals surface area (Å²) < 4.78 is 26.1. The lowest BCUT2D eigenvalue weighted by atomic mass is 10.1. The lowest BCUT2D eigenvalue weighted by Crippen LogP contribution is -2.27. The normalized spacial score (nSPS) is 19.4. The van der Waals surface area contributed by atoms with E-state index in [9.17, 15) is 23.5 Å². The summed E-state index contributed by atoms with van der Waals surface area (Å²) in [6.07, 6.45) is -1.11. The Hall–Kier alpha value is -2.02. The van der Waals surface area contributed by atoms with Crippen LogP contribution in [0.15, 0.2) is 12.1 Å². The number of carbonyl (C=O) groups excluding carboxylic acids is 1. The highest BCUT2D eigenvalue weighted by Gasteiger charge is 2.32. The van der Waals surface area contributed by atoms with Gasteiger partial charge in [-0.1, -0.05) is 0 Å². The number of hydrogen-bond donors (Lipinski definition) is 2. The van der Waals surface area contributed by atoms with Crippen LogP contribution in [0.5, 0.6) is 0 Å². The fourth-order valence-electron chi connectivity index (χ4n) is 1.85. The van der Waals surface area contributed by atoms with Crippen molar-refractivity contribution < 1.29 is 28.6 Å². The van der Waals surface area contributed by atoms with Crippen LogP contribution >= 0.6 is 0 Å². The van der Waals surface area contributed by atoms with Crippen molar-refractivity contribution >= 4 is 17.6 Å². The number of aromatic carboxylic acids is 1. The Bertz CT molecular complexity index is 532. The van der Waals surface area contributed by atoms with Crippen LogP contribution in [-0.4, -0.2) is 34.7 Å². The molecular formula is C11H9F2NO4. The molecule has 0 aliphatic carbocycles. The van der Waals surface area contributed by atoms with Crippen molar-refractivity contribution in [2.45, 2.75) is 12.5 Å². The molecule has 0 aromatic heterocycles. The number of β-amino-alcohol motifs (C(OH)–C–C–N with tert-alkyl or cyclic N) is 1. The number of benzene rings is 1. The molecule has 5 nitrogen and oxygen atoms in total. The lowest BCUT2D eigenvalue weighted by molar-refractivity contribution is -0.117. The molecule has 1 aliphatic heterocycles. The molecule has 2 rings (SSSR count). The molecule has 1 saturated heterocycles. The van der Waals surface area contributed by atoms with Gasteiger partial charge in [0.05, 0.1) is 30.3 Å². The molecule has 1 unspecified atom stereocenters. The van der Waals surface area contributed by atoms with Crippen molar-refractivity contribution in [2.75, 3.05) is 11.4 Å². The minimum absolute atomic E-state index is 0.135. The van der Waals surface area contributed by atoms with Gasteiger partial charge in [-0.2, -0.15) is 0 Å². The van der Waals surface area contributed by atoms with E-state index in [1.807, 2.05) is 0 Å². The molecule has 1 aromatic rings. The lowest BCUT2D eigenvalue weighted by Gasteiger charge is -2.18. The smallest absolute Gasteiger partial charge is 0.337 e. The van der Waals surface area contributed by atoms with Crippen LogP contribution in [0.2, 0.25) is 0 Å². The van der Waals surface area contributed by atoms with Crippen LogP contribution in [0.25, 0.3) is 0 Å². The molecule has 0 radical (unpaired) electrons. The number of nitrogens with zero attached hydrogens (tertiary/aromatic N) is 1. The molecule has 1 atom stereocenters. The molecule has 1 amide bonds. The second-order valence-corrected chi connectivity index (χ2v) is 3.95. The third kappa shape index (κ3) is 2.04. The van der Waals surface area contributed by atoms with Gasteiger partial charge in [-0.25, -0.2) is 13.6 Å². The van der Waals surface area contributed by atoms with Crippen LogP contribution in [0.1, 0.15) is 16.8 Å². The van der Waals surface area contributed by atoms with Gasteiger partial charge >= 0.3 is 5.97 Å². The Labute approximate surface area is 100 Å². The number of hydrogen-bond acceptors (Lipinski definition) is 3. The van der Waals surface area contributed by atoms with Gasteiger partial charge in [-0.15, -0.1) is 0 Å². The summed E-state index contributed by atoms with van der Waals surface area (Å²) in [6.45, 7) is -0.135. The Morgan fingerprint density at radius 3 is 2.44 bits per heavy atom. The average molecular weight is 257 g/mol. The Kier molecular flexibility index (Phi) is 3.00. The highest BCUT2D eigenvalue weighted by molar-refractivity contribution is 6.03. The quantitative estimate of drug-likeness (QED) is 0.820. The molecule has 96 valence electrons. The average Bonchev–Trinajstić information content (AvgIpc) is 2.61. The number of anilines is 1. The number of halogens is 2. The number of carboxylic acid groups (broad SMARTS) is 1. The maximum absolute atomic E-state index is 13.1. The van der Waals surface area contributed by atoms with Crippen LogP contribution in [0.3, 0.4) is 0 Å². The van der Waals surface area contributed by atoms with Gasteiger partial charge in [0.25, 0.3) is 0 Å². The molecule has 0 saturated carbocycles. The van der Waals surface area contributed by atoms with E-state index in [0.717, 1.165) is 4.90 Å². The van der Waals surface area contributed by atoms with Crippen molar-refractivity contribution in [2.24, 2.45) is 0 Å².